The minimum atomic E-state index is -0.307. The number of benzene rings is 2. The van der Waals surface area contributed by atoms with Gasteiger partial charge in [0, 0.05) is 24.8 Å². The Morgan fingerprint density at radius 2 is 2.00 bits per heavy atom. The van der Waals surface area contributed by atoms with Crippen molar-refractivity contribution in [3.63, 3.8) is 0 Å². The number of amides is 2. The zero-order valence-electron chi connectivity index (χ0n) is 15.5. The molecule has 0 spiro atoms. The smallest absolute Gasteiger partial charge is 0.257 e. The Labute approximate surface area is 157 Å². The Balaban J connectivity index is 1.62. The van der Waals surface area contributed by atoms with E-state index in [1.54, 1.807) is 31.2 Å². The summed E-state index contributed by atoms with van der Waals surface area (Å²) in [4.78, 5) is 29.5. The summed E-state index contributed by atoms with van der Waals surface area (Å²) in [5.41, 5.74) is 2.90. The fourth-order valence-electron chi connectivity index (χ4n) is 3.94. The van der Waals surface area contributed by atoms with Gasteiger partial charge in [0.25, 0.3) is 11.8 Å². The first-order chi connectivity index (χ1) is 13.0. The molecule has 5 nitrogen and oxygen atoms in total. The van der Waals surface area contributed by atoms with Gasteiger partial charge in [0.1, 0.15) is 12.0 Å². The van der Waals surface area contributed by atoms with Crippen molar-refractivity contribution in [3.05, 3.63) is 58.9 Å². The lowest BCUT2D eigenvalue weighted by molar-refractivity contribution is 0.0589. The fourth-order valence-corrected chi connectivity index (χ4v) is 3.94. The number of carbonyl (C=O) groups is 2. The lowest BCUT2D eigenvalue weighted by Crippen LogP contribution is -2.55. The molecule has 0 radical (unpaired) electrons. The highest BCUT2D eigenvalue weighted by Crippen LogP contribution is 2.35. The first kappa shape index (κ1) is 17.5. The van der Waals surface area contributed by atoms with Gasteiger partial charge in [-0.15, -0.1) is 0 Å². The molecule has 0 bridgehead atoms. The van der Waals surface area contributed by atoms with E-state index in [1.807, 2.05) is 11.9 Å². The van der Waals surface area contributed by atoms with Crippen molar-refractivity contribution in [2.24, 2.45) is 0 Å². The van der Waals surface area contributed by atoms with Gasteiger partial charge >= 0.3 is 0 Å². The molecule has 27 heavy (non-hydrogen) atoms. The number of fused-ring (bicyclic) bond motifs is 2. The maximum atomic E-state index is 13.4. The van der Waals surface area contributed by atoms with Crippen molar-refractivity contribution in [2.75, 3.05) is 23.8 Å². The number of nitrogens with zero attached hydrogens (tertiary/aromatic N) is 2. The molecule has 2 amide bonds. The Bertz CT molecular complexity index is 928. The second kappa shape index (κ2) is 6.68. The number of hydrogen-bond acceptors (Lipinski definition) is 3. The van der Waals surface area contributed by atoms with E-state index in [4.69, 9.17) is 0 Å². The number of anilines is 2. The molecule has 1 atom stereocenters. The van der Waals surface area contributed by atoms with Gasteiger partial charge in [0.15, 0.2) is 0 Å². The van der Waals surface area contributed by atoms with Gasteiger partial charge in [-0.2, -0.15) is 0 Å². The molecule has 2 aliphatic rings. The summed E-state index contributed by atoms with van der Waals surface area (Å²) in [7, 11) is 1.97. The average molecular weight is 367 g/mol. The average Bonchev–Trinajstić information content (AvgIpc) is 2.68. The molecule has 1 saturated heterocycles. The number of rotatable bonds is 2. The molecule has 6 heteroatoms. The minimum Gasteiger partial charge on any atom is -0.354 e. The van der Waals surface area contributed by atoms with Gasteiger partial charge in [-0.1, -0.05) is 0 Å². The maximum Gasteiger partial charge on any atom is 0.257 e. The lowest BCUT2D eigenvalue weighted by atomic mass is 9.97. The van der Waals surface area contributed by atoms with E-state index >= 15 is 0 Å². The molecule has 0 aromatic heterocycles. The molecule has 1 fully saturated rings. The monoisotopic (exact) mass is 367 g/mol. The normalized spacial score (nSPS) is 18.8. The van der Waals surface area contributed by atoms with Crippen LogP contribution in [0.4, 0.5) is 15.8 Å². The van der Waals surface area contributed by atoms with Gasteiger partial charge in [0.2, 0.25) is 0 Å². The number of nitrogens with one attached hydrogen (secondary N) is 1. The van der Waals surface area contributed by atoms with Crippen molar-refractivity contribution in [1.29, 1.82) is 0 Å². The van der Waals surface area contributed by atoms with E-state index in [9.17, 15) is 14.0 Å². The van der Waals surface area contributed by atoms with E-state index < -0.39 is 0 Å². The molecule has 1 unspecified atom stereocenters. The van der Waals surface area contributed by atoms with Crippen molar-refractivity contribution in [1.82, 2.24) is 4.90 Å². The number of piperidine rings is 1. The number of carbonyl (C=O) groups excluding carboxylic acids is 2. The second-order valence-electron chi connectivity index (χ2n) is 7.24. The third-order valence-corrected chi connectivity index (χ3v) is 5.47. The highest BCUT2D eigenvalue weighted by Gasteiger charge is 2.37. The summed E-state index contributed by atoms with van der Waals surface area (Å²) in [6.07, 6.45) is 3.12. The van der Waals surface area contributed by atoms with Crippen molar-refractivity contribution in [2.45, 2.75) is 32.4 Å². The molecular formula is C21H22FN3O2. The van der Waals surface area contributed by atoms with Crippen LogP contribution >= 0.6 is 0 Å². The third-order valence-electron chi connectivity index (χ3n) is 5.47. The summed E-state index contributed by atoms with van der Waals surface area (Å²) in [6.45, 7) is 2.43. The molecule has 1 N–H and O–H groups in total. The van der Waals surface area contributed by atoms with Gasteiger partial charge in [-0.05, 0) is 68.1 Å². The van der Waals surface area contributed by atoms with Crippen LogP contribution in [0, 0.1) is 12.7 Å². The van der Waals surface area contributed by atoms with Gasteiger partial charge in [0.05, 0.1) is 11.3 Å². The first-order valence-electron chi connectivity index (χ1n) is 9.21. The van der Waals surface area contributed by atoms with Crippen LogP contribution < -0.4 is 10.2 Å². The summed E-state index contributed by atoms with van der Waals surface area (Å²) < 4.78 is 13.4. The summed E-state index contributed by atoms with van der Waals surface area (Å²) >= 11 is 0. The first-order valence-corrected chi connectivity index (χ1v) is 9.21. The van der Waals surface area contributed by atoms with Crippen LogP contribution in [0.5, 0.6) is 0 Å². The van der Waals surface area contributed by atoms with Crippen LogP contribution in [0.1, 0.15) is 45.5 Å². The van der Waals surface area contributed by atoms with Crippen LogP contribution in [0.25, 0.3) is 0 Å². The third kappa shape index (κ3) is 3.05. The van der Waals surface area contributed by atoms with Gasteiger partial charge in [-0.3, -0.25) is 9.59 Å². The topological polar surface area (TPSA) is 52.7 Å². The Kier molecular flexibility index (Phi) is 4.34. The van der Waals surface area contributed by atoms with Crippen LogP contribution in [0.2, 0.25) is 0 Å². The fraction of sp³-hybridized carbons (Fsp3) is 0.333. The molecule has 2 heterocycles. The molecule has 4 rings (SSSR count). The van der Waals surface area contributed by atoms with E-state index in [0.29, 0.717) is 22.4 Å². The molecule has 2 aliphatic heterocycles. The molecule has 140 valence electrons. The summed E-state index contributed by atoms with van der Waals surface area (Å²) in [5, 5.41) is 2.80. The number of aryl methyl sites for hydroxylation is 1. The Morgan fingerprint density at radius 1 is 1.19 bits per heavy atom. The predicted octanol–water partition coefficient (Wildman–Crippen LogP) is 3.79. The Morgan fingerprint density at radius 3 is 2.78 bits per heavy atom. The van der Waals surface area contributed by atoms with Gasteiger partial charge in [-0.25, -0.2) is 4.39 Å². The summed E-state index contributed by atoms with van der Waals surface area (Å²) in [5.74, 6) is -0.552. The minimum absolute atomic E-state index is 0.0360. The SMILES string of the molecule is Cc1cc(NC(=O)c2ccc3c(c2)N(C)C2CCCCN2C3=O)ccc1F. The second-order valence-corrected chi connectivity index (χ2v) is 7.24. The van der Waals surface area contributed by atoms with Crippen LogP contribution in [0.3, 0.4) is 0 Å². The van der Waals surface area contributed by atoms with E-state index in [-0.39, 0.29) is 23.8 Å². The molecule has 2 aromatic carbocycles. The van der Waals surface area contributed by atoms with Gasteiger partial charge < -0.3 is 15.1 Å². The standard InChI is InChI=1S/C21H22FN3O2/c1-13-11-15(7-9-17(13)22)23-20(26)14-6-8-16-18(12-14)24(2)19-5-3-4-10-25(19)21(16)27/h6-9,11-12,19H,3-5,10H2,1-2H3,(H,23,26). The number of hydrogen-bond donors (Lipinski definition) is 1. The maximum absolute atomic E-state index is 13.4. The molecule has 0 aliphatic carbocycles. The predicted molar refractivity (Wildman–Crippen MR) is 103 cm³/mol. The van der Waals surface area contributed by atoms with E-state index in [0.717, 1.165) is 31.5 Å². The highest BCUT2D eigenvalue weighted by atomic mass is 19.1. The zero-order valence-corrected chi connectivity index (χ0v) is 15.5. The zero-order chi connectivity index (χ0) is 19.1. The Hall–Kier alpha value is -2.89. The van der Waals surface area contributed by atoms with E-state index in [1.165, 1.54) is 12.1 Å². The van der Waals surface area contributed by atoms with Crippen LogP contribution in [-0.2, 0) is 0 Å². The molecule has 0 saturated carbocycles. The highest BCUT2D eigenvalue weighted by molar-refractivity contribution is 6.08. The van der Waals surface area contributed by atoms with E-state index in [2.05, 4.69) is 10.2 Å². The van der Waals surface area contributed by atoms with Crippen molar-refractivity contribution in [3.8, 4) is 0 Å². The summed E-state index contributed by atoms with van der Waals surface area (Å²) in [6, 6.07) is 9.63. The quantitative estimate of drug-likeness (QED) is 0.879. The molecular weight excluding hydrogens is 345 g/mol. The lowest BCUT2D eigenvalue weighted by Gasteiger charge is -2.46. The number of halogens is 1. The van der Waals surface area contributed by atoms with Crippen LogP contribution in [-0.4, -0.2) is 36.5 Å². The van der Waals surface area contributed by atoms with Crippen LogP contribution in [0.15, 0.2) is 36.4 Å². The van der Waals surface area contributed by atoms with Crippen molar-refractivity contribution < 1.29 is 14.0 Å². The largest absolute Gasteiger partial charge is 0.354 e. The van der Waals surface area contributed by atoms with Crippen molar-refractivity contribution >= 4 is 23.2 Å². The molecule has 2 aromatic rings.